The van der Waals surface area contributed by atoms with Crippen LogP contribution in [0.5, 0.6) is 5.75 Å². The van der Waals surface area contributed by atoms with Gasteiger partial charge in [0.05, 0.1) is 6.10 Å². The zero-order valence-corrected chi connectivity index (χ0v) is 16.0. The molecule has 0 aliphatic heterocycles. The number of aryl methyl sites for hydroxylation is 1. The first kappa shape index (κ1) is 19.5. The van der Waals surface area contributed by atoms with Crippen molar-refractivity contribution in [2.75, 3.05) is 16.8 Å². The lowest BCUT2D eigenvalue weighted by Crippen LogP contribution is -2.37. The summed E-state index contributed by atoms with van der Waals surface area (Å²) >= 11 is 0. The summed E-state index contributed by atoms with van der Waals surface area (Å²) in [4.78, 5) is 26.0. The van der Waals surface area contributed by atoms with Crippen molar-refractivity contribution in [2.24, 2.45) is 0 Å². The molecule has 0 aliphatic rings. The molecule has 5 nitrogen and oxygen atoms in total. The van der Waals surface area contributed by atoms with Crippen molar-refractivity contribution < 1.29 is 14.3 Å². The minimum Gasteiger partial charge on any atom is -0.491 e. The van der Waals surface area contributed by atoms with Crippen molar-refractivity contribution in [3.05, 3.63) is 53.6 Å². The molecule has 0 aromatic heterocycles. The third kappa shape index (κ3) is 5.09. The molecule has 0 unspecified atom stereocenters. The number of nitrogens with zero attached hydrogens (tertiary/aromatic N) is 1. The number of hydrogen-bond acceptors (Lipinski definition) is 3. The van der Waals surface area contributed by atoms with Crippen LogP contribution in [0.15, 0.2) is 42.5 Å². The summed E-state index contributed by atoms with van der Waals surface area (Å²) < 4.78 is 5.59. The van der Waals surface area contributed by atoms with Crippen molar-refractivity contribution in [1.82, 2.24) is 0 Å². The van der Waals surface area contributed by atoms with Gasteiger partial charge in [-0.1, -0.05) is 12.1 Å². The fraction of sp³-hybridized carbons (Fsp3) is 0.333. The second-order valence-electron chi connectivity index (χ2n) is 6.56. The lowest BCUT2D eigenvalue weighted by atomic mass is 10.1. The number of amides is 2. The topological polar surface area (TPSA) is 58.6 Å². The molecule has 1 N–H and O–H groups in total. The number of carbonyl (C=O) groups is 2. The van der Waals surface area contributed by atoms with Crippen molar-refractivity contribution in [3.63, 3.8) is 0 Å². The fourth-order valence-electron chi connectivity index (χ4n) is 2.63. The van der Waals surface area contributed by atoms with Crippen LogP contribution in [-0.2, 0) is 9.59 Å². The molecule has 0 radical (unpaired) electrons. The molecule has 5 heteroatoms. The highest BCUT2D eigenvalue weighted by molar-refractivity contribution is 6.02. The molecular weight excluding hydrogens is 328 g/mol. The van der Waals surface area contributed by atoms with Crippen LogP contribution in [0.1, 0.15) is 31.9 Å². The molecule has 0 heterocycles. The van der Waals surface area contributed by atoms with E-state index < -0.39 is 0 Å². The maximum atomic E-state index is 12.4. The van der Waals surface area contributed by atoms with Crippen molar-refractivity contribution >= 4 is 23.2 Å². The third-order valence-electron chi connectivity index (χ3n) is 4.06. The first-order chi connectivity index (χ1) is 12.3. The lowest BCUT2D eigenvalue weighted by molar-refractivity contribution is -0.120. The molecule has 0 aliphatic carbocycles. The van der Waals surface area contributed by atoms with Crippen LogP contribution in [0, 0.1) is 13.8 Å². The fourth-order valence-corrected chi connectivity index (χ4v) is 2.63. The zero-order chi connectivity index (χ0) is 19.3. The van der Waals surface area contributed by atoms with Gasteiger partial charge in [0.2, 0.25) is 11.8 Å². The van der Waals surface area contributed by atoms with Gasteiger partial charge in [0.15, 0.2) is 0 Å². The number of hydrogen-bond donors (Lipinski definition) is 1. The molecule has 0 saturated heterocycles. The lowest BCUT2D eigenvalue weighted by Gasteiger charge is -2.23. The van der Waals surface area contributed by atoms with E-state index in [1.165, 1.54) is 11.8 Å². The molecule has 2 amide bonds. The highest BCUT2D eigenvalue weighted by Crippen LogP contribution is 2.23. The highest BCUT2D eigenvalue weighted by atomic mass is 16.5. The molecule has 0 spiro atoms. The Bertz CT molecular complexity index is 782. The van der Waals surface area contributed by atoms with E-state index in [-0.39, 0.29) is 24.5 Å². The van der Waals surface area contributed by atoms with Crippen LogP contribution in [-0.4, -0.2) is 24.5 Å². The quantitative estimate of drug-likeness (QED) is 0.850. The van der Waals surface area contributed by atoms with Gasteiger partial charge in [0, 0.05) is 18.3 Å². The van der Waals surface area contributed by atoms with E-state index in [0.717, 1.165) is 22.6 Å². The smallest absolute Gasteiger partial charge is 0.244 e. The number of rotatable bonds is 6. The van der Waals surface area contributed by atoms with Gasteiger partial charge in [-0.25, -0.2) is 0 Å². The highest BCUT2D eigenvalue weighted by Gasteiger charge is 2.18. The minimum absolute atomic E-state index is 0.0378. The van der Waals surface area contributed by atoms with Crippen molar-refractivity contribution in [3.8, 4) is 5.75 Å². The van der Waals surface area contributed by atoms with E-state index in [1.54, 1.807) is 12.1 Å². The van der Waals surface area contributed by atoms with Crippen molar-refractivity contribution in [2.45, 2.75) is 40.7 Å². The molecule has 0 bridgehead atoms. The molecule has 26 heavy (non-hydrogen) atoms. The van der Waals surface area contributed by atoms with E-state index in [2.05, 4.69) is 5.32 Å². The molecule has 0 atom stereocenters. The van der Waals surface area contributed by atoms with Crippen LogP contribution in [0.3, 0.4) is 0 Å². The van der Waals surface area contributed by atoms with Crippen molar-refractivity contribution in [1.29, 1.82) is 0 Å². The van der Waals surface area contributed by atoms with Crippen LogP contribution in [0.25, 0.3) is 0 Å². The maximum Gasteiger partial charge on any atom is 0.244 e. The Morgan fingerprint density at radius 1 is 1.08 bits per heavy atom. The molecule has 138 valence electrons. The van der Waals surface area contributed by atoms with E-state index in [4.69, 9.17) is 4.74 Å². The molecule has 2 aromatic carbocycles. The Balaban J connectivity index is 2.08. The first-order valence-corrected chi connectivity index (χ1v) is 8.69. The monoisotopic (exact) mass is 354 g/mol. The summed E-state index contributed by atoms with van der Waals surface area (Å²) in [7, 11) is 0. The van der Waals surface area contributed by atoms with E-state index in [9.17, 15) is 9.59 Å². The standard InChI is InChI=1S/C21H26N2O3/c1-14(2)26-19-11-9-18(10-12-19)22-21(25)13-23(17(5)24)20-8-6-7-15(3)16(20)4/h6-12,14H,13H2,1-5H3,(H,22,25). The second kappa shape index (κ2) is 8.52. The third-order valence-corrected chi connectivity index (χ3v) is 4.06. The molecule has 0 saturated carbocycles. The SMILES string of the molecule is CC(=O)N(CC(=O)Nc1ccc(OC(C)C)cc1)c1cccc(C)c1C. The Hall–Kier alpha value is -2.82. The number of benzene rings is 2. The molecule has 2 rings (SSSR count). The van der Waals surface area contributed by atoms with Gasteiger partial charge < -0.3 is 15.0 Å². The number of anilines is 2. The van der Waals surface area contributed by atoms with E-state index in [1.807, 2.05) is 58.0 Å². The van der Waals surface area contributed by atoms with E-state index in [0.29, 0.717) is 5.69 Å². The minimum atomic E-state index is -0.251. The predicted octanol–water partition coefficient (Wildman–Crippen LogP) is 4.08. The van der Waals surface area contributed by atoms with Gasteiger partial charge in [0.25, 0.3) is 0 Å². The predicted molar refractivity (Wildman–Crippen MR) is 105 cm³/mol. The van der Waals surface area contributed by atoms with Gasteiger partial charge in [-0.15, -0.1) is 0 Å². The average Bonchev–Trinajstić information content (AvgIpc) is 2.56. The first-order valence-electron chi connectivity index (χ1n) is 8.69. The summed E-state index contributed by atoms with van der Waals surface area (Å²) in [5.74, 6) is 0.326. The van der Waals surface area contributed by atoms with Gasteiger partial charge >= 0.3 is 0 Å². The summed E-state index contributed by atoms with van der Waals surface area (Å²) in [5, 5.41) is 2.82. The second-order valence-corrected chi connectivity index (χ2v) is 6.56. The Morgan fingerprint density at radius 2 is 1.73 bits per heavy atom. The number of nitrogens with one attached hydrogen (secondary N) is 1. The summed E-state index contributed by atoms with van der Waals surface area (Å²) in [6, 6.07) is 12.9. The van der Waals surface area contributed by atoms with Crippen LogP contribution >= 0.6 is 0 Å². The van der Waals surface area contributed by atoms with Gasteiger partial charge in [0.1, 0.15) is 12.3 Å². The van der Waals surface area contributed by atoms with Gasteiger partial charge in [-0.05, 0) is 69.2 Å². The van der Waals surface area contributed by atoms with Crippen LogP contribution in [0.2, 0.25) is 0 Å². The average molecular weight is 354 g/mol. The summed E-state index contributed by atoms with van der Waals surface area (Å²) in [6.07, 6.45) is 0.0946. The summed E-state index contributed by atoms with van der Waals surface area (Å²) in [5.41, 5.74) is 3.49. The normalized spacial score (nSPS) is 10.5. The number of ether oxygens (including phenoxy) is 1. The van der Waals surface area contributed by atoms with E-state index >= 15 is 0 Å². The van der Waals surface area contributed by atoms with Crippen LogP contribution < -0.4 is 15.0 Å². The van der Waals surface area contributed by atoms with Gasteiger partial charge in [-0.3, -0.25) is 9.59 Å². The Labute approximate surface area is 155 Å². The molecule has 2 aromatic rings. The Kier molecular flexibility index (Phi) is 6.39. The maximum absolute atomic E-state index is 12.4. The van der Waals surface area contributed by atoms with Gasteiger partial charge in [-0.2, -0.15) is 0 Å². The molecular formula is C21H26N2O3. The zero-order valence-electron chi connectivity index (χ0n) is 16.0. The number of carbonyl (C=O) groups excluding carboxylic acids is 2. The molecule has 0 fully saturated rings. The summed E-state index contributed by atoms with van der Waals surface area (Å²) in [6.45, 7) is 9.28. The van der Waals surface area contributed by atoms with Crippen LogP contribution in [0.4, 0.5) is 11.4 Å². The Morgan fingerprint density at radius 3 is 2.31 bits per heavy atom. The largest absolute Gasteiger partial charge is 0.491 e.